The molecule has 0 unspecified atom stereocenters. The van der Waals surface area contributed by atoms with Crippen molar-refractivity contribution in [3.63, 3.8) is 0 Å². The van der Waals surface area contributed by atoms with E-state index < -0.39 is 9.73 Å². The van der Waals surface area contributed by atoms with Crippen molar-refractivity contribution < 1.29 is 4.21 Å². The number of aromatic nitrogens is 1. The summed E-state index contributed by atoms with van der Waals surface area (Å²) in [5.41, 5.74) is 2.00. The first-order valence-electron chi connectivity index (χ1n) is 4.24. The largest absolute Gasteiger partial charge is 0.260 e. The zero-order valence-corrected chi connectivity index (χ0v) is 8.60. The Bertz CT molecular complexity index is 459. The molecule has 1 aliphatic heterocycles. The molecular weight excluding hydrogens is 184 g/mol. The van der Waals surface area contributed by atoms with Gasteiger partial charge in [0, 0.05) is 12.5 Å². The van der Waals surface area contributed by atoms with Crippen LogP contribution in [0, 0.1) is 6.92 Å². The van der Waals surface area contributed by atoms with Gasteiger partial charge in [0.05, 0.1) is 26.9 Å². The zero-order valence-electron chi connectivity index (χ0n) is 7.78. The molecule has 0 fully saturated rings. The highest BCUT2D eigenvalue weighted by Gasteiger charge is 2.18. The van der Waals surface area contributed by atoms with Crippen molar-refractivity contribution in [3.8, 4) is 0 Å². The minimum atomic E-state index is -2.16. The van der Waals surface area contributed by atoms with Gasteiger partial charge in [-0.25, -0.2) is 8.57 Å². The number of rotatable bonds is 0. The van der Waals surface area contributed by atoms with Crippen molar-refractivity contribution in [2.45, 2.75) is 18.2 Å². The maximum Gasteiger partial charge on any atom is 0.0743 e. The van der Waals surface area contributed by atoms with Gasteiger partial charge in [0.25, 0.3) is 0 Å². The van der Waals surface area contributed by atoms with Gasteiger partial charge in [0.15, 0.2) is 0 Å². The average molecular weight is 196 g/mol. The van der Waals surface area contributed by atoms with E-state index >= 15 is 0 Å². The van der Waals surface area contributed by atoms with Crippen molar-refractivity contribution in [1.82, 2.24) is 4.98 Å². The zero-order chi connectivity index (χ0) is 9.47. The van der Waals surface area contributed by atoms with Gasteiger partial charge in [-0.3, -0.25) is 4.98 Å². The quantitative estimate of drug-likeness (QED) is 0.629. The standard InChI is InChI=1S/C9H12N2OS/c1-7-9-8(3-5-10-7)4-6-11-13(9,2)12/h3,5H,4,6H2,1-2H3/t13-/m1/s1. The number of fused-ring (bicyclic) bond motifs is 1. The van der Waals surface area contributed by atoms with E-state index in [1.807, 2.05) is 13.0 Å². The van der Waals surface area contributed by atoms with Gasteiger partial charge in [0.1, 0.15) is 0 Å². The predicted molar refractivity (Wildman–Crippen MR) is 52.3 cm³/mol. The lowest BCUT2D eigenvalue weighted by molar-refractivity contribution is 0.672. The molecule has 0 radical (unpaired) electrons. The van der Waals surface area contributed by atoms with Gasteiger partial charge in [-0.15, -0.1) is 0 Å². The van der Waals surface area contributed by atoms with Gasteiger partial charge < -0.3 is 0 Å². The van der Waals surface area contributed by atoms with Crippen LogP contribution in [0.25, 0.3) is 0 Å². The second kappa shape index (κ2) is 2.80. The van der Waals surface area contributed by atoms with Crippen LogP contribution >= 0.6 is 0 Å². The molecular formula is C9H12N2OS. The Hall–Kier alpha value is -0.900. The number of hydrogen-bond acceptors (Lipinski definition) is 3. The van der Waals surface area contributed by atoms with E-state index in [1.54, 1.807) is 12.5 Å². The van der Waals surface area contributed by atoms with E-state index in [0.717, 1.165) is 22.6 Å². The third kappa shape index (κ3) is 1.35. The van der Waals surface area contributed by atoms with Gasteiger partial charge in [0.2, 0.25) is 0 Å². The molecule has 3 nitrogen and oxygen atoms in total. The fraction of sp³-hybridized carbons (Fsp3) is 0.444. The van der Waals surface area contributed by atoms with Gasteiger partial charge in [-0.05, 0) is 25.0 Å². The molecule has 0 bridgehead atoms. The minimum Gasteiger partial charge on any atom is -0.260 e. The SMILES string of the molecule is Cc1nccc2c1[S@@](C)(=O)=NCC2. The molecule has 0 aromatic carbocycles. The molecule has 2 heterocycles. The number of nitrogens with zero attached hydrogens (tertiary/aromatic N) is 2. The van der Waals surface area contributed by atoms with Crippen LogP contribution in [0.5, 0.6) is 0 Å². The second-order valence-electron chi connectivity index (χ2n) is 3.29. The van der Waals surface area contributed by atoms with Crippen LogP contribution in [0.1, 0.15) is 11.3 Å². The lowest BCUT2D eigenvalue weighted by atomic mass is 10.2. The molecule has 0 spiro atoms. The van der Waals surface area contributed by atoms with Crippen LogP contribution < -0.4 is 0 Å². The van der Waals surface area contributed by atoms with E-state index in [4.69, 9.17) is 0 Å². The maximum absolute atomic E-state index is 12.0. The Morgan fingerprint density at radius 2 is 2.31 bits per heavy atom. The monoisotopic (exact) mass is 196 g/mol. The molecule has 2 rings (SSSR count). The van der Waals surface area contributed by atoms with Gasteiger partial charge >= 0.3 is 0 Å². The molecule has 0 amide bonds. The Balaban J connectivity index is 2.80. The normalized spacial score (nSPS) is 26.3. The third-order valence-corrected chi connectivity index (χ3v) is 4.25. The van der Waals surface area contributed by atoms with Crippen LogP contribution in [0.15, 0.2) is 21.5 Å². The molecule has 4 heteroatoms. The minimum absolute atomic E-state index is 0.672. The van der Waals surface area contributed by atoms with Gasteiger partial charge in [-0.2, -0.15) is 0 Å². The maximum atomic E-state index is 12.0. The second-order valence-corrected chi connectivity index (χ2v) is 5.56. The van der Waals surface area contributed by atoms with Crippen molar-refractivity contribution in [1.29, 1.82) is 0 Å². The Morgan fingerprint density at radius 3 is 3.00 bits per heavy atom. The summed E-state index contributed by atoms with van der Waals surface area (Å²) in [6, 6.07) is 1.94. The first-order chi connectivity index (χ1) is 6.11. The molecule has 0 saturated carbocycles. The lowest BCUT2D eigenvalue weighted by Gasteiger charge is -2.16. The highest BCUT2D eigenvalue weighted by atomic mass is 32.2. The van der Waals surface area contributed by atoms with E-state index in [9.17, 15) is 4.21 Å². The average Bonchev–Trinajstić information content (AvgIpc) is 2.02. The topological polar surface area (TPSA) is 42.3 Å². The summed E-state index contributed by atoms with van der Waals surface area (Å²) in [6.45, 7) is 2.56. The predicted octanol–water partition coefficient (Wildman–Crippen LogP) is 1.40. The summed E-state index contributed by atoms with van der Waals surface area (Å²) in [4.78, 5) is 5.01. The van der Waals surface area contributed by atoms with Crippen molar-refractivity contribution in [2.24, 2.45) is 4.36 Å². The number of aryl methyl sites for hydroxylation is 1. The molecule has 0 N–H and O–H groups in total. The van der Waals surface area contributed by atoms with E-state index in [-0.39, 0.29) is 0 Å². The van der Waals surface area contributed by atoms with Crippen LogP contribution in [0.3, 0.4) is 0 Å². The summed E-state index contributed by atoms with van der Waals surface area (Å²) < 4.78 is 16.2. The van der Waals surface area contributed by atoms with Crippen molar-refractivity contribution in [3.05, 3.63) is 23.5 Å². The van der Waals surface area contributed by atoms with Gasteiger partial charge in [-0.1, -0.05) is 0 Å². The number of pyridine rings is 1. The Kier molecular flexibility index (Phi) is 1.87. The number of hydrogen-bond donors (Lipinski definition) is 0. The van der Waals surface area contributed by atoms with Crippen LogP contribution in [0.2, 0.25) is 0 Å². The molecule has 0 aliphatic carbocycles. The molecule has 13 heavy (non-hydrogen) atoms. The fourth-order valence-corrected chi connectivity index (χ4v) is 3.55. The first-order valence-corrected chi connectivity index (χ1v) is 6.16. The smallest absolute Gasteiger partial charge is 0.0743 e. The highest BCUT2D eigenvalue weighted by Crippen LogP contribution is 2.24. The van der Waals surface area contributed by atoms with E-state index in [1.165, 1.54) is 0 Å². The molecule has 70 valence electrons. The summed E-state index contributed by atoms with van der Waals surface area (Å²) in [7, 11) is -2.16. The van der Waals surface area contributed by atoms with E-state index in [0.29, 0.717) is 6.54 Å². The molecule has 1 atom stereocenters. The Morgan fingerprint density at radius 1 is 1.54 bits per heavy atom. The fourth-order valence-electron chi connectivity index (χ4n) is 1.72. The van der Waals surface area contributed by atoms with Crippen LogP contribution in [-0.4, -0.2) is 22.0 Å². The lowest BCUT2D eigenvalue weighted by Crippen LogP contribution is -2.13. The van der Waals surface area contributed by atoms with E-state index in [2.05, 4.69) is 9.35 Å². The summed E-state index contributed by atoms with van der Waals surface area (Å²) in [5.74, 6) is 0. The van der Waals surface area contributed by atoms with Crippen molar-refractivity contribution >= 4 is 9.73 Å². The van der Waals surface area contributed by atoms with Crippen molar-refractivity contribution in [2.75, 3.05) is 12.8 Å². The molecule has 1 aromatic rings. The van der Waals surface area contributed by atoms with Crippen LogP contribution in [0.4, 0.5) is 0 Å². The summed E-state index contributed by atoms with van der Waals surface area (Å²) >= 11 is 0. The molecule has 0 saturated heterocycles. The summed E-state index contributed by atoms with van der Waals surface area (Å²) in [6.07, 6.45) is 4.36. The highest BCUT2D eigenvalue weighted by molar-refractivity contribution is 7.93. The molecule has 1 aliphatic rings. The third-order valence-electron chi connectivity index (χ3n) is 2.26. The Labute approximate surface area is 78.4 Å². The summed E-state index contributed by atoms with van der Waals surface area (Å²) in [5, 5.41) is 0. The molecule has 1 aromatic heterocycles. The first kappa shape index (κ1) is 8.69. The van der Waals surface area contributed by atoms with Crippen LogP contribution in [-0.2, 0) is 16.1 Å².